The zero-order valence-electron chi connectivity index (χ0n) is 23.6. The Bertz CT molecular complexity index is 1210. The molecule has 1 saturated heterocycles. The summed E-state index contributed by atoms with van der Waals surface area (Å²) in [6, 6.07) is 10.6. The molecule has 0 atom stereocenters. The first-order valence-corrected chi connectivity index (χ1v) is 13.2. The number of hydrogen-bond donors (Lipinski definition) is 0. The van der Waals surface area contributed by atoms with Crippen molar-refractivity contribution in [1.29, 1.82) is 0 Å². The molecule has 1 fully saturated rings. The minimum absolute atomic E-state index is 0.0106. The van der Waals surface area contributed by atoms with E-state index >= 15 is 0 Å². The van der Waals surface area contributed by atoms with Crippen LogP contribution in [0.2, 0.25) is 5.15 Å². The third-order valence-electron chi connectivity index (χ3n) is 5.50. The van der Waals surface area contributed by atoms with Crippen molar-refractivity contribution in [2.75, 3.05) is 31.1 Å². The van der Waals surface area contributed by atoms with Crippen LogP contribution in [0.25, 0.3) is 0 Å². The third-order valence-corrected chi connectivity index (χ3v) is 5.71. The van der Waals surface area contributed by atoms with Gasteiger partial charge in [-0.1, -0.05) is 41.9 Å². The molecule has 1 aromatic heterocycles. The maximum atomic E-state index is 13.7. The van der Waals surface area contributed by atoms with E-state index in [-0.39, 0.29) is 49.2 Å². The van der Waals surface area contributed by atoms with Crippen LogP contribution < -0.4 is 4.90 Å². The highest BCUT2D eigenvalue weighted by Gasteiger charge is 2.37. The van der Waals surface area contributed by atoms with Crippen LogP contribution in [-0.2, 0) is 20.8 Å². The van der Waals surface area contributed by atoms with Gasteiger partial charge < -0.3 is 24.0 Å². The lowest BCUT2D eigenvalue weighted by Gasteiger charge is -2.35. The first-order valence-electron chi connectivity index (χ1n) is 12.8. The minimum Gasteiger partial charge on any atom is -0.445 e. The number of carbonyl (C=O) groups excluding carboxylic acids is 4. The predicted octanol–water partition coefficient (Wildman–Crippen LogP) is 5.51. The van der Waals surface area contributed by atoms with E-state index in [9.17, 15) is 19.2 Å². The summed E-state index contributed by atoms with van der Waals surface area (Å²) in [4.78, 5) is 60.2. The monoisotopic (exact) mass is 574 g/mol. The van der Waals surface area contributed by atoms with Crippen molar-refractivity contribution in [2.45, 2.75) is 59.4 Å². The number of piperazine rings is 1. The molecule has 4 amide bonds. The second-order valence-electron chi connectivity index (χ2n) is 11.1. The molecule has 0 unspecified atom stereocenters. The first kappa shape index (κ1) is 30.7. The molecule has 0 aliphatic carbocycles. The van der Waals surface area contributed by atoms with Crippen LogP contribution >= 0.6 is 11.6 Å². The first-order chi connectivity index (χ1) is 18.6. The van der Waals surface area contributed by atoms with E-state index in [1.807, 2.05) is 30.3 Å². The fraction of sp³-hybridized carbons (Fsp3) is 0.464. The second-order valence-corrected chi connectivity index (χ2v) is 11.5. The van der Waals surface area contributed by atoms with Gasteiger partial charge in [-0.05, 0) is 53.2 Å². The van der Waals surface area contributed by atoms with Crippen LogP contribution in [0.3, 0.4) is 0 Å². The molecule has 0 spiro atoms. The van der Waals surface area contributed by atoms with E-state index in [0.29, 0.717) is 4.90 Å². The van der Waals surface area contributed by atoms with Gasteiger partial charge >= 0.3 is 18.3 Å². The Balaban J connectivity index is 1.79. The van der Waals surface area contributed by atoms with Crippen molar-refractivity contribution in [3.63, 3.8) is 0 Å². The van der Waals surface area contributed by atoms with Gasteiger partial charge in [-0.2, -0.15) is 4.90 Å². The Hall–Kier alpha value is -3.86. The Morgan fingerprint density at radius 2 is 1.40 bits per heavy atom. The Kier molecular flexibility index (Phi) is 9.62. The lowest BCUT2D eigenvalue weighted by atomic mass is 10.1. The van der Waals surface area contributed by atoms with E-state index < -0.39 is 35.4 Å². The number of aromatic nitrogens is 1. The van der Waals surface area contributed by atoms with Gasteiger partial charge in [0.05, 0.1) is 17.4 Å². The van der Waals surface area contributed by atoms with Gasteiger partial charge in [-0.25, -0.2) is 19.4 Å². The van der Waals surface area contributed by atoms with Crippen molar-refractivity contribution in [3.8, 4) is 0 Å². The average molecular weight is 575 g/mol. The van der Waals surface area contributed by atoms with Gasteiger partial charge in [0.25, 0.3) is 5.91 Å². The van der Waals surface area contributed by atoms with Gasteiger partial charge in [-0.3, -0.25) is 4.79 Å². The topological polar surface area (TPSA) is 119 Å². The highest BCUT2D eigenvalue weighted by Crippen LogP contribution is 2.28. The number of benzene rings is 1. The van der Waals surface area contributed by atoms with Crippen molar-refractivity contribution >= 4 is 41.5 Å². The van der Waals surface area contributed by atoms with Gasteiger partial charge in [-0.15, -0.1) is 0 Å². The van der Waals surface area contributed by atoms with Crippen molar-refractivity contribution in [3.05, 3.63) is 58.9 Å². The molecule has 0 saturated carbocycles. The number of pyridine rings is 1. The average Bonchev–Trinajstić information content (AvgIpc) is 2.86. The molecule has 1 aliphatic heterocycles. The largest absolute Gasteiger partial charge is 0.445 e. The van der Waals surface area contributed by atoms with Gasteiger partial charge in [0.2, 0.25) is 0 Å². The fourth-order valence-electron chi connectivity index (χ4n) is 3.73. The van der Waals surface area contributed by atoms with Crippen molar-refractivity contribution in [2.24, 2.45) is 0 Å². The zero-order chi connectivity index (χ0) is 29.7. The van der Waals surface area contributed by atoms with Crippen LogP contribution in [0.5, 0.6) is 0 Å². The predicted molar refractivity (Wildman–Crippen MR) is 148 cm³/mol. The van der Waals surface area contributed by atoms with Crippen molar-refractivity contribution in [1.82, 2.24) is 14.8 Å². The molecule has 2 heterocycles. The normalized spacial score (nSPS) is 13.9. The standard InChI is InChI=1S/C28H35ClN4O7/c1-27(2,3)39-25(36)33(26(37)40-28(4,5)6)21-17-30-22(29)16-20(21)23(34)31-12-14-32(15-13-31)24(35)38-18-19-10-8-7-9-11-19/h7-11,16-17H,12-15,18H2,1-6H3. The zero-order valence-corrected chi connectivity index (χ0v) is 24.4. The number of ether oxygens (including phenoxy) is 3. The van der Waals surface area contributed by atoms with Crippen LogP contribution in [0, 0.1) is 0 Å². The number of amides is 4. The molecule has 1 aromatic carbocycles. The molecule has 2 aromatic rings. The molecular formula is C28H35ClN4O7. The van der Waals surface area contributed by atoms with E-state index in [1.54, 1.807) is 41.5 Å². The lowest BCUT2D eigenvalue weighted by molar-refractivity contribution is 0.0429. The maximum absolute atomic E-state index is 13.7. The molecule has 216 valence electrons. The number of anilines is 1. The summed E-state index contributed by atoms with van der Waals surface area (Å²) >= 11 is 6.12. The van der Waals surface area contributed by atoms with Gasteiger partial charge in [0.1, 0.15) is 23.0 Å². The van der Waals surface area contributed by atoms with E-state index in [1.165, 1.54) is 15.9 Å². The molecule has 11 nitrogen and oxygen atoms in total. The third kappa shape index (κ3) is 8.57. The number of carbonyl (C=O) groups is 4. The highest BCUT2D eigenvalue weighted by molar-refractivity contribution is 6.30. The van der Waals surface area contributed by atoms with E-state index in [0.717, 1.165) is 11.8 Å². The highest BCUT2D eigenvalue weighted by atomic mass is 35.5. The van der Waals surface area contributed by atoms with Crippen LogP contribution in [0.15, 0.2) is 42.6 Å². The maximum Gasteiger partial charge on any atom is 0.424 e. The fourth-order valence-corrected chi connectivity index (χ4v) is 3.89. The summed E-state index contributed by atoms with van der Waals surface area (Å²) in [6.07, 6.45) is -1.40. The summed E-state index contributed by atoms with van der Waals surface area (Å²) in [5.74, 6) is -0.506. The SMILES string of the molecule is CC(C)(C)OC(=O)N(C(=O)OC(C)(C)C)c1cnc(Cl)cc1C(=O)N1CCN(C(=O)OCc2ccccc2)CC1. The van der Waals surface area contributed by atoms with Gasteiger partial charge in [0.15, 0.2) is 0 Å². The molecule has 0 bridgehead atoms. The lowest BCUT2D eigenvalue weighted by Crippen LogP contribution is -2.51. The molecule has 3 rings (SSSR count). The summed E-state index contributed by atoms with van der Waals surface area (Å²) < 4.78 is 16.3. The van der Waals surface area contributed by atoms with Crippen molar-refractivity contribution < 1.29 is 33.4 Å². The summed E-state index contributed by atoms with van der Waals surface area (Å²) in [5, 5.41) is -0.0106. The van der Waals surface area contributed by atoms with E-state index in [2.05, 4.69) is 4.98 Å². The Labute approximate surface area is 238 Å². The molecule has 1 aliphatic rings. The Morgan fingerprint density at radius 1 is 0.875 bits per heavy atom. The molecule has 0 N–H and O–H groups in total. The number of imide groups is 1. The minimum atomic E-state index is -1.04. The van der Waals surface area contributed by atoms with Crippen LogP contribution in [0.4, 0.5) is 20.1 Å². The number of nitrogens with zero attached hydrogens (tertiary/aromatic N) is 4. The molecular weight excluding hydrogens is 540 g/mol. The number of rotatable bonds is 4. The Morgan fingerprint density at radius 3 is 1.93 bits per heavy atom. The summed E-state index contributed by atoms with van der Waals surface area (Å²) in [5.41, 5.74) is -1.19. The van der Waals surface area contributed by atoms with Gasteiger partial charge in [0, 0.05) is 26.2 Å². The van der Waals surface area contributed by atoms with E-state index in [4.69, 9.17) is 25.8 Å². The van der Waals surface area contributed by atoms with Crippen LogP contribution in [-0.4, -0.2) is 76.4 Å². The molecule has 40 heavy (non-hydrogen) atoms. The smallest absolute Gasteiger partial charge is 0.424 e. The molecule has 12 heteroatoms. The summed E-state index contributed by atoms with van der Waals surface area (Å²) in [7, 11) is 0. The summed E-state index contributed by atoms with van der Waals surface area (Å²) in [6.45, 7) is 10.9. The molecule has 0 radical (unpaired) electrons. The van der Waals surface area contributed by atoms with Crippen LogP contribution in [0.1, 0.15) is 57.5 Å². The second kappa shape index (κ2) is 12.5. The quantitative estimate of drug-likeness (QED) is 0.346. The number of hydrogen-bond acceptors (Lipinski definition) is 8. The number of halogens is 1.